The fourth-order valence-corrected chi connectivity index (χ4v) is 1.70. The van der Waals surface area contributed by atoms with Crippen molar-refractivity contribution in [3.63, 3.8) is 0 Å². The molecule has 0 aliphatic heterocycles. The fraction of sp³-hybridized carbons (Fsp3) is 0. The molecule has 16 heavy (non-hydrogen) atoms. The molecular weight excluding hydrogens is 224 g/mol. The van der Waals surface area contributed by atoms with Crippen LogP contribution in [0.5, 0.6) is 0 Å². The van der Waals surface area contributed by atoms with Crippen LogP contribution in [0.4, 0.5) is 0 Å². The summed E-state index contributed by atoms with van der Waals surface area (Å²) in [6.45, 7) is 0. The zero-order chi connectivity index (χ0) is 11.5. The van der Waals surface area contributed by atoms with Crippen LogP contribution in [-0.2, 0) is 0 Å². The van der Waals surface area contributed by atoms with Crippen LogP contribution < -0.4 is 5.73 Å². The average molecular weight is 233 g/mol. The molecule has 1 aromatic carbocycles. The molecule has 0 spiro atoms. The Bertz CT molecular complexity index is 540. The van der Waals surface area contributed by atoms with E-state index >= 15 is 0 Å². The van der Waals surface area contributed by atoms with E-state index in [4.69, 9.17) is 17.3 Å². The summed E-state index contributed by atoms with van der Waals surface area (Å²) in [7, 11) is 0. The number of aromatic nitrogens is 1. The minimum Gasteiger partial charge on any atom is -0.366 e. The van der Waals surface area contributed by atoms with Gasteiger partial charge in [0, 0.05) is 16.8 Å². The smallest absolute Gasteiger partial charge is 0.250 e. The van der Waals surface area contributed by atoms with E-state index < -0.39 is 5.91 Å². The summed E-state index contributed by atoms with van der Waals surface area (Å²) >= 11 is 6.04. The van der Waals surface area contributed by atoms with Crippen LogP contribution in [0.3, 0.4) is 0 Å². The quantitative estimate of drug-likeness (QED) is 0.865. The van der Waals surface area contributed by atoms with Crippen molar-refractivity contribution < 1.29 is 4.79 Å². The second kappa shape index (κ2) is 4.33. The molecule has 0 aliphatic rings. The Labute approximate surface area is 97.9 Å². The van der Waals surface area contributed by atoms with E-state index in [9.17, 15) is 4.79 Å². The van der Waals surface area contributed by atoms with E-state index in [2.05, 4.69) is 4.98 Å². The summed E-state index contributed by atoms with van der Waals surface area (Å²) in [5.74, 6) is -0.511. The van der Waals surface area contributed by atoms with Crippen molar-refractivity contribution in [1.82, 2.24) is 4.98 Å². The van der Waals surface area contributed by atoms with Crippen LogP contribution in [0, 0.1) is 0 Å². The van der Waals surface area contributed by atoms with Gasteiger partial charge in [-0.25, -0.2) is 0 Å². The number of carbonyl (C=O) groups excluding carboxylic acids is 1. The summed E-state index contributed by atoms with van der Waals surface area (Å²) in [6, 6.07) is 10.5. The number of amides is 1. The number of halogens is 1. The summed E-state index contributed by atoms with van der Waals surface area (Å²) < 4.78 is 0. The topological polar surface area (TPSA) is 56.0 Å². The molecule has 0 fully saturated rings. The molecule has 0 bridgehead atoms. The standard InChI is InChI=1S/C12H9ClN2O/c13-10-6-2-1-4-8(10)11-9(12(14)16)5-3-7-15-11/h1-7H,(H2,14,16). The van der Waals surface area contributed by atoms with Crippen LogP contribution >= 0.6 is 11.6 Å². The molecule has 0 atom stereocenters. The highest BCUT2D eigenvalue weighted by Gasteiger charge is 2.12. The molecule has 1 aromatic heterocycles. The third kappa shape index (κ3) is 1.90. The highest BCUT2D eigenvalue weighted by Crippen LogP contribution is 2.27. The summed E-state index contributed by atoms with van der Waals surface area (Å²) in [4.78, 5) is 15.4. The highest BCUT2D eigenvalue weighted by molar-refractivity contribution is 6.33. The number of pyridine rings is 1. The number of carbonyl (C=O) groups is 1. The lowest BCUT2D eigenvalue weighted by molar-refractivity contribution is 0.100. The summed E-state index contributed by atoms with van der Waals surface area (Å²) in [5, 5.41) is 0.545. The van der Waals surface area contributed by atoms with E-state index in [0.717, 1.165) is 0 Å². The Kier molecular flexibility index (Phi) is 2.88. The molecule has 2 aromatic rings. The van der Waals surface area contributed by atoms with Crippen molar-refractivity contribution in [3.8, 4) is 11.3 Å². The molecule has 1 heterocycles. The van der Waals surface area contributed by atoms with Gasteiger partial charge in [-0.1, -0.05) is 29.8 Å². The van der Waals surface area contributed by atoms with Crippen molar-refractivity contribution in [3.05, 3.63) is 53.2 Å². The third-order valence-corrected chi connectivity index (χ3v) is 2.53. The molecule has 0 saturated heterocycles. The first kappa shape index (κ1) is 10.6. The van der Waals surface area contributed by atoms with Gasteiger partial charge in [0.05, 0.1) is 11.3 Å². The molecule has 3 nitrogen and oxygen atoms in total. The molecule has 0 aliphatic carbocycles. The van der Waals surface area contributed by atoms with Crippen molar-refractivity contribution in [2.75, 3.05) is 0 Å². The van der Waals surface area contributed by atoms with E-state index in [1.807, 2.05) is 12.1 Å². The number of primary amides is 1. The lowest BCUT2D eigenvalue weighted by Gasteiger charge is -2.06. The lowest BCUT2D eigenvalue weighted by atomic mass is 10.1. The Morgan fingerprint density at radius 1 is 1.19 bits per heavy atom. The van der Waals surface area contributed by atoms with Gasteiger partial charge in [0.15, 0.2) is 0 Å². The van der Waals surface area contributed by atoms with Crippen LogP contribution in [0.2, 0.25) is 5.02 Å². The van der Waals surface area contributed by atoms with Crippen LogP contribution in [0.15, 0.2) is 42.6 Å². The molecule has 2 rings (SSSR count). The normalized spacial score (nSPS) is 10.1. The molecule has 0 saturated carbocycles. The van der Waals surface area contributed by atoms with Gasteiger partial charge in [-0.05, 0) is 18.2 Å². The van der Waals surface area contributed by atoms with Gasteiger partial charge in [0.2, 0.25) is 0 Å². The first-order chi connectivity index (χ1) is 7.70. The number of benzene rings is 1. The highest BCUT2D eigenvalue weighted by atomic mass is 35.5. The minimum atomic E-state index is -0.511. The van der Waals surface area contributed by atoms with E-state index in [1.165, 1.54) is 0 Å². The van der Waals surface area contributed by atoms with Crippen molar-refractivity contribution in [2.24, 2.45) is 5.73 Å². The van der Waals surface area contributed by atoms with Gasteiger partial charge in [-0.2, -0.15) is 0 Å². The Morgan fingerprint density at radius 2 is 1.94 bits per heavy atom. The molecule has 0 unspecified atom stereocenters. The van der Waals surface area contributed by atoms with Crippen LogP contribution in [0.25, 0.3) is 11.3 Å². The fourth-order valence-electron chi connectivity index (χ4n) is 1.47. The van der Waals surface area contributed by atoms with Gasteiger partial charge in [-0.3, -0.25) is 9.78 Å². The number of rotatable bonds is 2. The van der Waals surface area contributed by atoms with E-state index in [-0.39, 0.29) is 0 Å². The molecular formula is C12H9ClN2O. The van der Waals surface area contributed by atoms with E-state index in [1.54, 1.807) is 30.5 Å². The minimum absolute atomic E-state index is 0.371. The first-order valence-electron chi connectivity index (χ1n) is 4.70. The third-order valence-electron chi connectivity index (χ3n) is 2.20. The maximum absolute atomic E-state index is 11.2. The largest absolute Gasteiger partial charge is 0.366 e. The summed E-state index contributed by atoms with van der Waals surface area (Å²) in [5.41, 5.74) is 6.87. The number of nitrogens with two attached hydrogens (primary N) is 1. The van der Waals surface area contributed by atoms with Gasteiger partial charge < -0.3 is 5.73 Å². The van der Waals surface area contributed by atoms with Crippen molar-refractivity contribution in [1.29, 1.82) is 0 Å². The molecule has 80 valence electrons. The lowest BCUT2D eigenvalue weighted by Crippen LogP contribution is -2.13. The number of hydrogen-bond acceptors (Lipinski definition) is 2. The molecule has 0 radical (unpaired) electrons. The van der Waals surface area contributed by atoms with Crippen LogP contribution in [-0.4, -0.2) is 10.9 Å². The zero-order valence-electron chi connectivity index (χ0n) is 8.35. The average Bonchev–Trinajstić information content (AvgIpc) is 2.29. The Balaban J connectivity index is 2.65. The van der Waals surface area contributed by atoms with Gasteiger partial charge in [0.25, 0.3) is 5.91 Å². The molecule has 4 heteroatoms. The maximum atomic E-state index is 11.2. The predicted octanol–water partition coefficient (Wildman–Crippen LogP) is 2.50. The number of nitrogens with zero attached hydrogens (tertiary/aromatic N) is 1. The Hall–Kier alpha value is -1.87. The van der Waals surface area contributed by atoms with Gasteiger partial charge in [0.1, 0.15) is 0 Å². The van der Waals surface area contributed by atoms with Crippen molar-refractivity contribution >= 4 is 17.5 Å². The second-order valence-electron chi connectivity index (χ2n) is 3.24. The van der Waals surface area contributed by atoms with Crippen molar-refractivity contribution in [2.45, 2.75) is 0 Å². The zero-order valence-corrected chi connectivity index (χ0v) is 9.11. The van der Waals surface area contributed by atoms with Gasteiger partial charge in [-0.15, -0.1) is 0 Å². The number of hydrogen-bond donors (Lipinski definition) is 1. The second-order valence-corrected chi connectivity index (χ2v) is 3.65. The summed E-state index contributed by atoms with van der Waals surface area (Å²) in [6.07, 6.45) is 1.60. The maximum Gasteiger partial charge on any atom is 0.250 e. The molecule has 1 amide bonds. The van der Waals surface area contributed by atoms with Crippen LogP contribution in [0.1, 0.15) is 10.4 Å². The monoisotopic (exact) mass is 232 g/mol. The SMILES string of the molecule is NC(=O)c1cccnc1-c1ccccc1Cl. The predicted molar refractivity (Wildman–Crippen MR) is 63.2 cm³/mol. The molecule has 2 N–H and O–H groups in total. The first-order valence-corrected chi connectivity index (χ1v) is 5.07. The van der Waals surface area contributed by atoms with Gasteiger partial charge >= 0.3 is 0 Å². The Morgan fingerprint density at radius 3 is 2.62 bits per heavy atom. The van der Waals surface area contributed by atoms with E-state index in [0.29, 0.717) is 21.8 Å².